The van der Waals surface area contributed by atoms with Crippen LogP contribution in [0.2, 0.25) is 0 Å². The number of hydrogen-bond acceptors (Lipinski definition) is 5. The Balaban J connectivity index is 0.00000338. The van der Waals surface area contributed by atoms with Crippen LogP contribution in [0.3, 0.4) is 0 Å². The molecule has 2 heterocycles. The Hall–Kier alpha value is -1.63. The zero-order valence-electron chi connectivity index (χ0n) is 14.2. The summed E-state index contributed by atoms with van der Waals surface area (Å²) in [7, 11) is 1.65. The highest BCUT2D eigenvalue weighted by Crippen LogP contribution is 2.27. The third-order valence-electron chi connectivity index (χ3n) is 3.25. The van der Waals surface area contributed by atoms with Crippen LogP contribution < -0.4 is 16.0 Å². The maximum absolute atomic E-state index is 12.6. The van der Waals surface area contributed by atoms with Crippen LogP contribution in [-0.2, 0) is 12.7 Å². The average Bonchev–Trinajstić information content (AvgIpc) is 2.99. The second-order valence-electron chi connectivity index (χ2n) is 5.07. The molecule has 2 aromatic heterocycles. The third-order valence-corrected chi connectivity index (χ3v) is 4.28. The van der Waals surface area contributed by atoms with E-state index in [2.05, 4.69) is 37.0 Å². The van der Waals surface area contributed by atoms with Gasteiger partial charge in [-0.2, -0.15) is 13.2 Å². The first-order valence-corrected chi connectivity index (χ1v) is 8.39. The molecule has 0 saturated heterocycles. The van der Waals surface area contributed by atoms with Crippen molar-refractivity contribution in [2.45, 2.75) is 19.6 Å². The fraction of sp³-hybridized carbons (Fsp3) is 0.400. The molecule has 3 N–H and O–H groups in total. The van der Waals surface area contributed by atoms with Crippen molar-refractivity contribution in [1.29, 1.82) is 0 Å². The summed E-state index contributed by atoms with van der Waals surface area (Å²) >= 11 is 1.66. The van der Waals surface area contributed by atoms with Crippen LogP contribution in [0.15, 0.2) is 28.7 Å². The van der Waals surface area contributed by atoms with E-state index < -0.39 is 11.9 Å². The number of hydrogen-bond donors (Lipinski definition) is 3. The molecule has 0 aromatic carbocycles. The van der Waals surface area contributed by atoms with Crippen molar-refractivity contribution in [2.24, 2.45) is 4.99 Å². The van der Waals surface area contributed by atoms with Crippen molar-refractivity contribution in [2.75, 3.05) is 25.5 Å². The molecule has 0 aliphatic rings. The smallest absolute Gasteiger partial charge is 0.355 e. The first-order valence-electron chi connectivity index (χ1n) is 7.51. The molecular weight excluding hydrogens is 480 g/mol. The Morgan fingerprint density at radius 3 is 2.62 bits per heavy atom. The minimum Gasteiger partial charge on any atom is -0.355 e. The summed E-state index contributed by atoms with van der Waals surface area (Å²) in [4.78, 5) is 12.5. The van der Waals surface area contributed by atoms with E-state index in [1.54, 1.807) is 18.4 Å². The molecule has 0 aliphatic carbocycles. The number of alkyl halides is 3. The fourth-order valence-electron chi connectivity index (χ4n) is 1.93. The highest BCUT2D eigenvalue weighted by atomic mass is 127. The molecule has 2 aromatic rings. The number of thiophene rings is 1. The Bertz CT molecular complexity index is 719. The second kappa shape index (κ2) is 10.5. The highest BCUT2D eigenvalue weighted by Gasteiger charge is 2.32. The SMILES string of the molecule is CN=C(NCCNc1nccc(C(F)(F)F)n1)NCc1sccc1C.I. The maximum Gasteiger partial charge on any atom is 0.433 e. The third kappa shape index (κ3) is 6.94. The number of halogens is 4. The van der Waals surface area contributed by atoms with E-state index in [1.807, 2.05) is 12.3 Å². The molecule has 0 bridgehead atoms. The van der Waals surface area contributed by atoms with Gasteiger partial charge in [-0.15, -0.1) is 35.3 Å². The summed E-state index contributed by atoms with van der Waals surface area (Å²) in [5.74, 6) is 0.549. The van der Waals surface area contributed by atoms with Crippen molar-refractivity contribution >= 4 is 47.2 Å². The lowest BCUT2D eigenvalue weighted by Crippen LogP contribution is -2.39. The molecule has 26 heavy (non-hydrogen) atoms. The van der Waals surface area contributed by atoms with E-state index in [9.17, 15) is 13.2 Å². The summed E-state index contributed by atoms with van der Waals surface area (Å²) in [6.45, 7) is 3.50. The van der Waals surface area contributed by atoms with Crippen molar-refractivity contribution in [3.8, 4) is 0 Å². The van der Waals surface area contributed by atoms with Crippen LogP contribution in [-0.4, -0.2) is 36.1 Å². The Morgan fingerprint density at radius 2 is 2.00 bits per heavy atom. The zero-order valence-corrected chi connectivity index (χ0v) is 17.4. The Morgan fingerprint density at radius 1 is 1.23 bits per heavy atom. The molecule has 144 valence electrons. The number of aliphatic imine (C=N–C) groups is 1. The van der Waals surface area contributed by atoms with Gasteiger partial charge in [0.2, 0.25) is 5.95 Å². The van der Waals surface area contributed by atoms with Crippen LogP contribution >= 0.6 is 35.3 Å². The van der Waals surface area contributed by atoms with Gasteiger partial charge in [0.05, 0.1) is 6.54 Å². The van der Waals surface area contributed by atoms with Gasteiger partial charge in [-0.05, 0) is 30.0 Å². The molecule has 11 heteroatoms. The van der Waals surface area contributed by atoms with E-state index >= 15 is 0 Å². The van der Waals surface area contributed by atoms with Crippen LogP contribution in [0, 0.1) is 6.92 Å². The molecule has 0 fully saturated rings. The molecule has 0 aliphatic heterocycles. The summed E-state index contributed by atoms with van der Waals surface area (Å²) in [5, 5.41) is 11.0. The van der Waals surface area contributed by atoms with Crippen LogP contribution in [0.4, 0.5) is 19.1 Å². The largest absolute Gasteiger partial charge is 0.433 e. The second-order valence-corrected chi connectivity index (χ2v) is 6.07. The van der Waals surface area contributed by atoms with E-state index in [-0.39, 0.29) is 29.9 Å². The highest BCUT2D eigenvalue weighted by molar-refractivity contribution is 14.0. The molecule has 0 spiro atoms. The lowest BCUT2D eigenvalue weighted by molar-refractivity contribution is -0.141. The van der Waals surface area contributed by atoms with E-state index in [0.29, 0.717) is 25.6 Å². The summed E-state index contributed by atoms with van der Waals surface area (Å²) in [6.07, 6.45) is -3.40. The van der Waals surface area contributed by atoms with E-state index in [4.69, 9.17) is 0 Å². The Kier molecular flexibility index (Phi) is 9.05. The molecule has 0 radical (unpaired) electrons. The lowest BCUT2D eigenvalue weighted by Gasteiger charge is -2.12. The molecule has 0 amide bonds. The van der Waals surface area contributed by atoms with Crippen LogP contribution in [0.1, 0.15) is 16.1 Å². The van der Waals surface area contributed by atoms with Gasteiger partial charge in [-0.25, -0.2) is 9.97 Å². The van der Waals surface area contributed by atoms with Crippen LogP contribution in [0.5, 0.6) is 0 Å². The normalized spacial score (nSPS) is 11.7. The topological polar surface area (TPSA) is 74.2 Å². The van der Waals surface area contributed by atoms with Crippen molar-refractivity contribution < 1.29 is 13.2 Å². The fourth-order valence-corrected chi connectivity index (χ4v) is 2.77. The number of aromatic nitrogens is 2. The monoisotopic (exact) mass is 500 g/mol. The minimum atomic E-state index is -4.48. The number of aryl methyl sites for hydroxylation is 1. The average molecular weight is 500 g/mol. The minimum absolute atomic E-state index is 0. The molecule has 0 atom stereocenters. The molecule has 0 saturated carbocycles. The van der Waals surface area contributed by atoms with Crippen molar-refractivity contribution in [3.05, 3.63) is 39.8 Å². The molecular formula is C15H20F3IN6S. The molecule has 6 nitrogen and oxygen atoms in total. The Labute approximate surface area is 170 Å². The first kappa shape index (κ1) is 22.4. The van der Waals surface area contributed by atoms with Gasteiger partial charge in [0.15, 0.2) is 5.96 Å². The van der Waals surface area contributed by atoms with Crippen LogP contribution in [0.25, 0.3) is 0 Å². The predicted molar refractivity (Wildman–Crippen MR) is 108 cm³/mol. The van der Waals surface area contributed by atoms with E-state index in [1.165, 1.54) is 10.4 Å². The first-order chi connectivity index (χ1) is 11.9. The van der Waals surface area contributed by atoms with Crippen molar-refractivity contribution in [1.82, 2.24) is 20.6 Å². The predicted octanol–water partition coefficient (Wildman–Crippen LogP) is 3.26. The number of guanidine groups is 1. The maximum atomic E-state index is 12.6. The van der Waals surface area contributed by atoms with Crippen molar-refractivity contribution in [3.63, 3.8) is 0 Å². The van der Waals surface area contributed by atoms with Gasteiger partial charge >= 0.3 is 6.18 Å². The lowest BCUT2D eigenvalue weighted by atomic mass is 10.3. The molecule has 0 unspecified atom stereocenters. The van der Waals surface area contributed by atoms with Gasteiger partial charge in [-0.1, -0.05) is 0 Å². The number of anilines is 1. The summed E-state index contributed by atoms with van der Waals surface area (Å²) < 4.78 is 37.8. The number of rotatable bonds is 6. The van der Waals surface area contributed by atoms with Gasteiger partial charge in [0, 0.05) is 31.2 Å². The summed E-state index contributed by atoms with van der Waals surface area (Å²) in [5.41, 5.74) is 0.248. The standard InChI is InChI=1S/C15H19F3N6S.HI/c1-10-4-8-25-11(10)9-23-13(19-2)21-6-7-22-14-20-5-3-12(24-14)15(16,17)18;/h3-5,8H,6-7,9H2,1-2H3,(H2,19,21,23)(H,20,22,24);1H. The van der Waals surface area contributed by atoms with Gasteiger partial charge in [0.1, 0.15) is 5.69 Å². The zero-order chi connectivity index (χ0) is 18.3. The quantitative estimate of drug-likeness (QED) is 0.246. The number of nitrogens with one attached hydrogen (secondary N) is 3. The summed E-state index contributed by atoms with van der Waals surface area (Å²) in [6, 6.07) is 2.89. The number of nitrogens with zero attached hydrogens (tertiary/aromatic N) is 3. The molecule has 2 rings (SSSR count). The van der Waals surface area contributed by atoms with Gasteiger partial charge in [-0.3, -0.25) is 4.99 Å². The van der Waals surface area contributed by atoms with Gasteiger partial charge < -0.3 is 16.0 Å². The van der Waals surface area contributed by atoms with Gasteiger partial charge in [0.25, 0.3) is 0 Å². The van der Waals surface area contributed by atoms with E-state index in [0.717, 1.165) is 12.3 Å².